The Labute approximate surface area is 276 Å². The maximum atomic E-state index is 2.43. The minimum atomic E-state index is -0.0689. The van der Waals surface area contributed by atoms with Gasteiger partial charge in [-0.25, -0.2) is 0 Å². The molecule has 0 saturated heterocycles. The number of hydrogen-bond donors (Lipinski definition) is 0. The van der Waals surface area contributed by atoms with Crippen LogP contribution in [0.2, 0.25) is 0 Å². The van der Waals surface area contributed by atoms with Crippen LogP contribution in [0.5, 0.6) is 0 Å². The van der Waals surface area contributed by atoms with E-state index in [1.165, 1.54) is 88.3 Å². The average Bonchev–Trinajstić information content (AvgIpc) is 3.37. The molecule has 1 aliphatic carbocycles. The van der Waals surface area contributed by atoms with E-state index in [-0.39, 0.29) is 5.41 Å². The molecule has 0 fully saturated rings. The van der Waals surface area contributed by atoms with Crippen LogP contribution in [-0.4, -0.2) is 0 Å². The van der Waals surface area contributed by atoms with E-state index >= 15 is 0 Å². The van der Waals surface area contributed by atoms with E-state index in [9.17, 15) is 0 Å². The molecule has 0 heterocycles. The van der Waals surface area contributed by atoms with Crippen molar-refractivity contribution in [2.75, 3.05) is 0 Å². The van der Waals surface area contributed by atoms with Gasteiger partial charge in [0.15, 0.2) is 0 Å². The summed E-state index contributed by atoms with van der Waals surface area (Å²) in [6.07, 6.45) is 0. The molecular formula is C47H34. The van der Waals surface area contributed by atoms with Gasteiger partial charge in [0.2, 0.25) is 0 Å². The Hall–Kier alpha value is -5.72. The van der Waals surface area contributed by atoms with E-state index in [4.69, 9.17) is 0 Å². The Morgan fingerprint density at radius 3 is 1.55 bits per heavy atom. The molecule has 0 saturated carbocycles. The zero-order chi connectivity index (χ0) is 31.5. The molecule has 0 amide bonds. The number of benzene rings is 8. The molecule has 0 bridgehead atoms. The standard InChI is InChI=1S/C47H34/c1-47(2)42-25-12-11-23-39(42)46-40(24-14-26-43(46)47)45-37-22-10-9-21-36(37)44(35-20-13-19-33(29-35)31-15-5-3-6-16-31)38-28-27-34(30-41(38)45)32-17-7-4-8-18-32/h3-30H,1-2H3. The maximum Gasteiger partial charge on any atom is 0.0159 e. The molecule has 0 aromatic heterocycles. The molecule has 8 aromatic rings. The van der Waals surface area contributed by atoms with Crippen molar-refractivity contribution in [3.63, 3.8) is 0 Å². The van der Waals surface area contributed by atoms with Gasteiger partial charge in [-0.15, -0.1) is 0 Å². The summed E-state index contributed by atoms with van der Waals surface area (Å²) in [5.41, 5.74) is 15.5. The van der Waals surface area contributed by atoms with Gasteiger partial charge in [0, 0.05) is 5.41 Å². The summed E-state index contributed by atoms with van der Waals surface area (Å²) >= 11 is 0. The van der Waals surface area contributed by atoms with Gasteiger partial charge >= 0.3 is 0 Å². The second-order valence-corrected chi connectivity index (χ2v) is 13.3. The lowest BCUT2D eigenvalue weighted by molar-refractivity contribution is 0.660. The lowest BCUT2D eigenvalue weighted by Gasteiger charge is -2.23. The third-order valence-corrected chi connectivity index (χ3v) is 10.3. The molecule has 0 atom stereocenters. The highest BCUT2D eigenvalue weighted by Crippen LogP contribution is 2.54. The van der Waals surface area contributed by atoms with Crippen molar-refractivity contribution < 1.29 is 0 Å². The Kier molecular flexibility index (Phi) is 6.27. The van der Waals surface area contributed by atoms with Crippen LogP contribution in [0.1, 0.15) is 25.0 Å². The van der Waals surface area contributed by atoms with Crippen molar-refractivity contribution in [1.29, 1.82) is 0 Å². The first-order valence-corrected chi connectivity index (χ1v) is 16.5. The van der Waals surface area contributed by atoms with Crippen molar-refractivity contribution >= 4 is 21.5 Å². The molecule has 47 heavy (non-hydrogen) atoms. The van der Waals surface area contributed by atoms with E-state index in [0.717, 1.165) is 0 Å². The second-order valence-electron chi connectivity index (χ2n) is 13.3. The fraction of sp³-hybridized carbons (Fsp3) is 0.0638. The third kappa shape index (κ3) is 4.29. The summed E-state index contributed by atoms with van der Waals surface area (Å²) in [5, 5.41) is 5.10. The van der Waals surface area contributed by atoms with Gasteiger partial charge in [-0.1, -0.05) is 172 Å². The lowest BCUT2D eigenvalue weighted by Crippen LogP contribution is -2.14. The summed E-state index contributed by atoms with van der Waals surface area (Å²) in [4.78, 5) is 0. The molecule has 9 rings (SSSR count). The van der Waals surface area contributed by atoms with Crippen molar-refractivity contribution in [2.45, 2.75) is 19.3 Å². The van der Waals surface area contributed by atoms with E-state index in [1.54, 1.807) is 0 Å². The molecule has 0 radical (unpaired) electrons. The maximum absolute atomic E-state index is 2.43. The highest BCUT2D eigenvalue weighted by Gasteiger charge is 2.37. The minimum absolute atomic E-state index is 0.0689. The normalized spacial score (nSPS) is 13.1. The van der Waals surface area contributed by atoms with Crippen LogP contribution in [0, 0.1) is 0 Å². The molecule has 0 nitrogen and oxygen atoms in total. The predicted molar refractivity (Wildman–Crippen MR) is 201 cm³/mol. The summed E-state index contributed by atoms with van der Waals surface area (Å²) in [6.45, 7) is 4.74. The average molecular weight is 599 g/mol. The van der Waals surface area contributed by atoms with Crippen LogP contribution in [0.25, 0.3) is 77.2 Å². The third-order valence-electron chi connectivity index (χ3n) is 10.3. The van der Waals surface area contributed by atoms with Crippen LogP contribution in [0.15, 0.2) is 170 Å². The smallest absolute Gasteiger partial charge is 0.0159 e. The molecular weight excluding hydrogens is 565 g/mol. The predicted octanol–water partition coefficient (Wildman–Crippen LogP) is 13.0. The Morgan fingerprint density at radius 1 is 0.298 bits per heavy atom. The van der Waals surface area contributed by atoms with Gasteiger partial charge in [0.05, 0.1) is 0 Å². The van der Waals surface area contributed by atoms with Gasteiger partial charge in [0.1, 0.15) is 0 Å². The van der Waals surface area contributed by atoms with E-state index in [0.29, 0.717) is 0 Å². The highest BCUT2D eigenvalue weighted by molar-refractivity contribution is 6.23. The van der Waals surface area contributed by atoms with Crippen LogP contribution < -0.4 is 0 Å². The highest BCUT2D eigenvalue weighted by atomic mass is 14.4. The van der Waals surface area contributed by atoms with E-state index in [2.05, 4.69) is 184 Å². The molecule has 8 aromatic carbocycles. The Balaban J connectivity index is 1.42. The fourth-order valence-corrected chi connectivity index (χ4v) is 8.04. The molecule has 222 valence electrons. The molecule has 1 aliphatic rings. The molecule has 0 unspecified atom stereocenters. The monoisotopic (exact) mass is 598 g/mol. The molecule has 0 spiro atoms. The lowest BCUT2D eigenvalue weighted by atomic mass is 9.80. The number of fused-ring (bicyclic) bond motifs is 5. The van der Waals surface area contributed by atoms with Crippen molar-refractivity contribution in [1.82, 2.24) is 0 Å². The summed E-state index contributed by atoms with van der Waals surface area (Å²) < 4.78 is 0. The topological polar surface area (TPSA) is 0 Å². The zero-order valence-electron chi connectivity index (χ0n) is 26.7. The van der Waals surface area contributed by atoms with Gasteiger partial charge in [-0.3, -0.25) is 0 Å². The first-order valence-electron chi connectivity index (χ1n) is 16.5. The van der Waals surface area contributed by atoms with Crippen molar-refractivity contribution in [3.8, 4) is 55.6 Å². The largest absolute Gasteiger partial charge is 0.0622 e. The van der Waals surface area contributed by atoms with Crippen LogP contribution >= 0.6 is 0 Å². The molecule has 0 aliphatic heterocycles. The van der Waals surface area contributed by atoms with Crippen molar-refractivity contribution in [3.05, 3.63) is 181 Å². The van der Waals surface area contributed by atoms with Crippen molar-refractivity contribution in [2.24, 2.45) is 0 Å². The fourth-order valence-electron chi connectivity index (χ4n) is 8.04. The molecule has 0 heteroatoms. The summed E-state index contributed by atoms with van der Waals surface area (Å²) in [6, 6.07) is 62.6. The van der Waals surface area contributed by atoms with Gasteiger partial charge in [-0.2, -0.15) is 0 Å². The number of hydrogen-bond acceptors (Lipinski definition) is 0. The van der Waals surface area contributed by atoms with Crippen LogP contribution in [0.3, 0.4) is 0 Å². The first-order chi connectivity index (χ1) is 23.1. The summed E-state index contributed by atoms with van der Waals surface area (Å²) in [7, 11) is 0. The van der Waals surface area contributed by atoms with Crippen LogP contribution in [-0.2, 0) is 5.41 Å². The first kappa shape index (κ1) is 27.6. The Bertz CT molecular complexity index is 2460. The van der Waals surface area contributed by atoms with E-state index < -0.39 is 0 Å². The Morgan fingerprint density at radius 2 is 0.809 bits per heavy atom. The van der Waals surface area contributed by atoms with Gasteiger partial charge in [-0.05, 0) is 100 Å². The minimum Gasteiger partial charge on any atom is -0.0622 e. The zero-order valence-corrected chi connectivity index (χ0v) is 26.7. The van der Waals surface area contributed by atoms with Crippen LogP contribution in [0.4, 0.5) is 0 Å². The summed E-state index contributed by atoms with van der Waals surface area (Å²) in [5.74, 6) is 0. The van der Waals surface area contributed by atoms with Gasteiger partial charge < -0.3 is 0 Å². The SMILES string of the molecule is CC1(C)c2ccccc2-c2c(-c3c4ccccc4c(-c4cccc(-c5ccccc5)c4)c4ccc(-c5ccccc5)cc34)cccc21. The van der Waals surface area contributed by atoms with E-state index in [1.807, 2.05) is 0 Å². The quantitative estimate of drug-likeness (QED) is 0.177. The molecule has 0 N–H and O–H groups in total. The second kappa shape index (κ2) is 10.7. The van der Waals surface area contributed by atoms with Gasteiger partial charge in [0.25, 0.3) is 0 Å². The number of rotatable bonds is 4.